The Hall–Kier alpha value is -2.74. The lowest BCUT2D eigenvalue weighted by molar-refractivity contribution is 0.104. The number of hydrogen-bond acceptors (Lipinski definition) is 4. The fraction of sp³-hybridized carbons (Fsp3) is 0.192. The van der Waals surface area contributed by atoms with Crippen LogP contribution in [0.5, 0.6) is 0 Å². The molecule has 1 fully saturated rings. The number of halogens is 1. The SMILES string of the molecule is Cc1ccc(C=CC(=O)c2ccc(N3CCN(S(=O)(=O)c4ccc(Br)cc4)CC3)cc2)cc1. The molecule has 1 aliphatic heterocycles. The molecule has 1 aliphatic rings. The summed E-state index contributed by atoms with van der Waals surface area (Å²) in [5.41, 5.74) is 3.77. The van der Waals surface area contributed by atoms with E-state index in [4.69, 9.17) is 0 Å². The molecule has 1 heterocycles. The fourth-order valence-electron chi connectivity index (χ4n) is 3.72. The van der Waals surface area contributed by atoms with Crippen LogP contribution in [0.3, 0.4) is 0 Å². The number of aryl methyl sites for hydroxylation is 1. The van der Waals surface area contributed by atoms with Gasteiger partial charge >= 0.3 is 0 Å². The molecule has 5 nitrogen and oxygen atoms in total. The number of carbonyl (C=O) groups excluding carboxylic acids is 1. The van der Waals surface area contributed by atoms with Gasteiger partial charge in [-0.3, -0.25) is 4.79 Å². The Labute approximate surface area is 203 Å². The third-order valence-electron chi connectivity index (χ3n) is 5.71. The molecule has 4 rings (SSSR count). The van der Waals surface area contributed by atoms with Crippen molar-refractivity contribution in [1.82, 2.24) is 4.31 Å². The first-order valence-corrected chi connectivity index (χ1v) is 13.0. The van der Waals surface area contributed by atoms with Gasteiger partial charge in [-0.1, -0.05) is 51.8 Å². The fourth-order valence-corrected chi connectivity index (χ4v) is 5.41. The number of nitrogens with zero attached hydrogens (tertiary/aromatic N) is 2. The smallest absolute Gasteiger partial charge is 0.243 e. The van der Waals surface area contributed by atoms with Crippen LogP contribution in [0.1, 0.15) is 21.5 Å². The van der Waals surface area contributed by atoms with Gasteiger partial charge in [0.1, 0.15) is 0 Å². The maximum absolute atomic E-state index is 12.9. The Morgan fingerprint density at radius 2 is 1.45 bits per heavy atom. The molecule has 3 aromatic rings. The molecule has 1 saturated heterocycles. The largest absolute Gasteiger partial charge is 0.369 e. The highest BCUT2D eigenvalue weighted by atomic mass is 79.9. The lowest BCUT2D eigenvalue weighted by Crippen LogP contribution is -2.48. The van der Waals surface area contributed by atoms with Crippen molar-refractivity contribution in [2.75, 3.05) is 31.1 Å². The second-order valence-corrected chi connectivity index (χ2v) is 10.9. The van der Waals surface area contributed by atoms with Gasteiger partial charge in [0.05, 0.1) is 4.90 Å². The molecule has 0 bridgehead atoms. The molecule has 33 heavy (non-hydrogen) atoms. The van der Waals surface area contributed by atoms with Crippen LogP contribution in [0.2, 0.25) is 0 Å². The molecular weight excluding hydrogens is 500 g/mol. The van der Waals surface area contributed by atoms with E-state index < -0.39 is 10.0 Å². The van der Waals surface area contributed by atoms with Gasteiger partial charge in [0.25, 0.3) is 0 Å². The molecule has 3 aromatic carbocycles. The predicted molar refractivity (Wildman–Crippen MR) is 136 cm³/mol. The molecule has 0 aromatic heterocycles. The Bertz CT molecular complexity index is 1240. The van der Waals surface area contributed by atoms with E-state index in [1.807, 2.05) is 61.5 Å². The summed E-state index contributed by atoms with van der Waals surface area (Å²) in [4.78, 5) is 15.0. The van der Waals surface area contributed by atoms with Crippen molar-refractivity contribution >= 4 is 43.5 Å². The molecule has 0 unspecified atom stereocenters. The van der Waals surface area contributed by atoms with Crippen molar-refractivity contribution in [2.24, 2.45) is 0 Å². The molecule has 0 amide bonds. The normalized spacial score (nSPS) is 15.2. The topological polar surface area (TPSA) is 57.7 Å². The average molecular weight is 525 g/mol. The number of hydrogen-bond donors (Lipinski definition) is 0. The van der Waals surface area contributed by atoms with Gasteiger partial charge in [-0.05, 0) is 67.1 Å². The second kappa shape index (κ2) is 10.0. The quantitative estimate of drug-likeness (QED) is 0.330. The van der Waals surface area contributed by atoms with Crippen LogP contribution in [0.25, 0.3) is 6.08 Å². The van der Waals surface area contributed by atoms with E-state index in [0.29, 0.717) is 36.6 Å². The molecule has 7 heteroatoms. The summed E-state index contributed by atoms with van der Waals surface area (Å²) in [6, 6.07) is 22.2. The minimum atomic E-state index is -3.50. The number of carbonyl (C=O) groups is 1. The minimum absolute atomic E-state index is 0.0486. The van der Waals surface area contributed by atoms with E-state index in [2.05, 4.69) is 20.8 Å². The number of ketones is 1. The average Bonchev–Trinajstić information content (AvgIpc) is 2.84. The van der Waals surface area contributed by atoms with Crippen molar-refractivity contribution in [3.05, 3.63) is 100 Å². The van der Waals surface area contributed by atoms with Crippen LogP contribution >= 0.6 is 15.9 Å². The highest BCUT2D eigenvalue weighted by Gasteiger charge is 2.28. The number of anilines is 1. The number of piperazine rings is 1. The molecule has 0 atom stereocenters. The van der Waals surface area contributed by atoms with E-state index in [1.165, 1.54) is 9.87 Å². The van der Waals surface area contributed by atoms with E-state index >= 15 is 0 Å². The zero-order valence-electron chi connectivity index (χ0n) is 18.3. The van der Waals surface area contributed by atoms with Crippen LogP contribution in [-0.4, -0.2) is 44.7 Å². The van der Waals surface area contributed by atoms with Crippen molar-refractivity contribution in [2.45, 2.75) is 11.8 Å². The van der Waals surface area contributed by atoms with Crippen molar-refractivity contribution < 1.29 is 13.2 Å². The van der Waals surface area contributed by atoms with E-state index in [9.17, 15) is 13.2 Å². The van der Waals surface area contributed by atoms with Gasteiger partial charge in [0, 0.05) is 41.9 Å². The maximum atomic E-state index is 12.9. The third-order valence-corrected chi connectivity index (χ3v) is 8.15. The number of sulfonamides is 1. The molecular formula is C26H25BrN2O3S. The molecule has 0 saturated carbocycles. The zero-order chi connectivity index (χ0) is 23.4. The van der Waals surface area contributed by atoms with E-state index in [-0.39, 0.29) is 5.78 Å². The first kappa shape index (κ1) is 23.4. The molecule has 0 N–H and O–H groups in total. The second-order valence-electron chi connectivity index (χ2n) is 8.00. The van der Waals surface area contributed by atoms with Gasteiger partial charge in [-0.2, -0.15) is 4.31 Å². The van der Waals surface area contributed by atoms with Crippen LogP contribution in [0, 0.1) is 6.92 Å². The summed E-state index contributed by atoms with van der Waals surface area (Å²) in [6.07, 6.45) is 3.41. The molecule has 0 radical (unpaired) electrons. The van der Waals surface area contributed by atoms with Crippen LogP contribution in [0.15, 0.2) is 88.2 Å². The zero-order valence-corrected chi connectivity index (χ0v) is 20.7. The number of rotatable bonds is 6. The third kappa shape index (κ3) is 5.61. The van der Waals surface area contributed by atoms with Gasteiger partial charge in [-0.15, -0.1) is 0 Å². The summed E-state index contributed by atoms with van der Waals surface area (Å²) in [7, 11) is -3.50. The summed E-state index contributed by atoms with van der Waals surface area (Å²) in [6.45, 7) is 4.05. The summed E-state index contributed by atoms with van der Waals surface area (Å²) < 4.78 is 28.2. The lowest BCUT2D eigenvalue weighted by Gasteiger charge is -2.35. The van der Waals surface area contributed by atoms with E-state index in [1.54, 1.807) is 30.3 Å². The first-order valence-electron chi connectivity index (χ1n) is 10.7. The Balaban J connectivity index is 1.36. The Morgan fingerprint density at radius 1 is 0.848 bits per heavy atom. The highest BCUT2D eigenvalue weighted by Crippen LogP contribution is 2.23. The number of allylic oxidation sites excluding steroid dienone is 1. The van der Waals surface area contributed by atoms with Crippen molar-refractivity contribution in [1.29, 1.82) is 0 Å². The molecule has 0 spiro atoms. The van der Waals surface area contributed by atoms with Crippen LogP contribution in [0.4, 0.5) is 5.69 Å². The van der Waals surface area contributed by atoms with Gasteiger partial charge < -0.3 is 4.90 Å². The van der Waals surface area contributed by atoms with Crippen molar-refractivity contribution in [3.8, 4) is 0 Å². The maximum Gasteiger partial charge on any atom is 0.243 e. The molecule has 170 valence electrons. The lowest BCUT2D eigenvalue weighted by atomic mass is 10.1. The standard InChI is InChI=1S/C26H25BrN2O3S/c1-20-2-4-21(5-3-20)6-15-26(30)22-7-11-24(12-8-22)28-16-18-29(19-17-28)33(31,32)25-13-9-23(27)10-14-25/h2-15H,16-19H2,1H3. The van der Waals surface area contributed by atoms with Crippen LogP contribution in [-0.2, 0) is 10.0 Å². The summed E-state index contributed by atoms with van der Waals surface area (Å²) in [5.74, 6) is -0.0486. The van der Waals surface area contributed by atoms with Crippen LogP contribution < -0.4 is 4.90 Å². The Morgan fingerprint density at radius 3 is 2.06 bits per heavy atom. The minimum Gasteiger partial charge on any atom is -0.369 e. The summed E-state index contributed by atoms with van der Waals surface area (Å²) in [5, 5.41) is 0. The Kier molecular flexibility index (Phi) is 7.12. The predicted octanol–water partition coefficient (Wildman–Crippen LogP) is 5.16. The first-order chi connectivity index (χ1) is 15.8. The van der Waals surface area contributed by atoms with Crippen molar-refractivity contribution in [3.63, 3.8) is 0 Å². The van der Waals surface area contributed by atoms with Gasteiger partial charge in [0.15, 0.2) is 5.78 Å². The van der Waals surface area contributed by atoms with Gasteiger partial charge in [0.2, 0.25) is 10.0 Å². The highest BCUT2D eigenvalue weighted by molar-refractivity contribution is 9.10. The summed E-state index contributed by atoms with van der Waals surface area (Å²) >= 11 is 3.34. The molecule has 0 aliphatic carbocycles. The monoisotopic (exact) mass is 524 g/mol. The van der Waals surface area contributed by atoms with Gasteiger partial charge in [-0.25, -0.2) is 8.42 Å². The number of benzene rings is 3. The van der Waals surface area contributed by atoms with E-state index in [0.717, 1.165) is 15.7 Å².